The van der Waals surface area contributed by atoms with Crippen LogP contribution in [0.1, 0.15) is 37.0 Å². The van der Waals surface area contributed by atoms with Crippen LogP contribution in [0.15, 0.2) is 60.1 Å². The van der Waals surface area contributed by atoms with Gasteiger partial charge in [0.25, 0.3) is 0 Å². The molecule has 0 bridgehead atoms. The molecule has 0 saturated heterocycles. The zero-order chi connectivity index (χ0) is 20.0. The molecule has 0 unspecified atom stereocenters. The molecular weight excluding hydrogens is 364 g/mol. The van der Waals surface area contributed by atoms with Gasteiger partial charge in [0.1, 0.15) is 10.6 Å². The lowest BCUT2D eigenvalue weighted by Crippen LogP contribution is -2.21. The van der Waals surface area contributed by atoms with E-state index in [0.717, 1.165) is 12.8 Å². The van der Waals surface area contributed by atoms with Gasteiger partial charge in [-0.05, 0) is 43.8 Å². The molecule has 0 aliphatic heterocycles. The number of rotatable bonds is 9. The summed E-state index contributed by atoms with van der Waals surface area (Å²) in [4.78, 5) is 13.5. The topological polar surface area (TPSA) is 89.7 Å². The minimum atomic E-state index is -4.13. The van der Waals surface area contributed by atoms with Gasteiger partial charge in [0.05, 0.1) is 5.69 Å². The van der Waals surface area contributed by atoms with Crippen LogP contribution in [-0.4, -0.2) is 20.7 Å². The van der Waals surface area contributed by atoms with Gasteiger partial charge in [-0.3, -0.25) is 4.79 Å². The summed E-state index contributed by atoms with van der Waals surface area (Å²) in [5.74, 6) is 0.260. The molecule has 7 heteroatoms. The molecule has 0 amide bonds. The number of hydrogen-bond donors (Lipinski definition) is 1. The number of anilines is 1. The van der Waals surface area contributed by atoms with E-state index in [1.807, 2.05) is 13.0 Å². The van der Waals surface area contributed by atoms with Crippen LogP contribution in [0.2, 0.25) is 0 Å². The molecule has 2 aromatic rings. The molecule has 0 atom stereocenters. The number of carbonyl (C=O) groups excluding carboxylic acids is 1. The molecule has 0 saturated carbocycles. The standard InChI is InChI=1S/C20H24N2O4S/c1-4-6-12-22(5-2)18-13-16(15(3)23)14-19(27(21,24)25)20(18)26-17-10-8-7-9-11-17/h5,7-11,13-14H,2,4,6,12H2,1,3H3,(H2,21,24,25). The highest BCUT2D eigenvalue weighted by molar-refractivity contribution is 7.89. The van der Waals surface area contributed by atoms with Gasteiger partial charge in [-0.25, -0.2) is 13.6 Å². The Morgan fingerprint density at radius 3 is 2.44 bits per heavy atom. The van der Waals surface area contributed by atoms with Crippen molar-refractivity contribution in [3.8, 4) is 11.5 Å². The van der Waals surface area contributed by atoms with Crippen LogP contribution in [0.5, 0.6) is 11.5 Å². The molecular formula is C20H24N2O4S. The fourth-order valence-corrected chi connectivity index (χ4v) is 3.26. The number of benzene rings is 2. The van der Waals surface area contributed by atoms with Crippen LogP contribution in [0, 0.1) is 0 Å². The fourth-order valence-electron chi connectivity index (χ4n) is 2.56. The molecule has 144 valence electrons. The molecule has 0 aromatic heterocycles. The van der Waals surface area contributed by atoms with Crippen LogP contribution >= 0.6 is 0 Å². The van der Waals surface area contributed by atoms with E-state index in [2.05, 4.69) is 6.58 Å². The molecule has 0 radical (unpaired) electrons. The van der Waals surface area contributed by atoms with Gasteiger partial charge >= 0.3 is 0 Å². The first-order valence-electron chi connectivity index (χ1n) is 8.61. The first kappa shape index (κ1) is 20.7. The Morgan fingerprint density at radius 2 is 1.93 bits per heavy atom. The summed E-state index contributed by atoms with van der Waals surface area (Å²) in [5.41, 5.74) is 0.664. The lowest BCUT2D eigenvalue weighted by Gasteiger charge is -2.25. The van der Waals surface area contributed by atoms with Crippen molar-refractivity contribution in [1.29, 1.82) is 0 Å². The number of primary sulfonamides is 1. The monoisotopic (exact) mass is 388 g/mol. The molecule has 0 aliphatic carbocycles. The highest BCUT2D eigenvalue weighted by atomic mass is 32.2. The number of para-hydroxylation sites is 1. The lowest BCUT2D eigenvalue weighted by molar-refractivity contribution is 0.101. The third kappa shape index (κ3) is 5.18. The number of sulfonamides is 1. The maximum atomic E-state index is 12.2. The number of unbranched alkanes of at least 4 members (excludes halogenated alkanes) is 1. The van der Waals surface area contributed by atoms with Crippen LogP contribution in [0.25, 0.3) is 0 Å². The van der Waals surface area contributed by atoms with E-state index in [4.69, 9.17) is 9.88 Å². The number of carbonyl (C=O) groups is 1. The van der Waals surface area contributed by atoms with Crippen molar-refractivity contribution in [2.24, 2.45) is 5.14 Å². The van der Waals surface area contributed by atoms with Crippen LogP contribution in [0.4, 0.5) is 5.69 Å². The summed E-state index contributed by atoms with van der Waals surface area (Å²) in [7, 11) is -4.13. The SMILES string of the molecule is C=CN(CCCC)c1cc(C(C)=O)cc(S(N)(=O)=O)c1Oc1ccccc1. The second kappa shape index (κ2) is 8.83. The molecule has 0 spiro atoms. The van der Waals surface area contributed by atoms with Gasteiger partial charge < -0.3 is 9.64 Å². The predicted octanol–water partition coefficient (Wildman–Crippen LogP) is 4.08. The van der Waals surface area contributed by atoms with E-state index >= 15 is 0 Å². The third-order valence-corrected chi connectivity index (χ3v) is 4.91. The molecule has 0 heterocycles. The summed E-state index contributed by atoms with van der Waals surface area (Å²) in [5, 5.41) is 5.43. The number of ketones is 1. The highest BCUT2D eigenvalue weighted by Gasteiger charge is 2.24. The molecule has 2 aromatic carbocycles. The van der Waals surface area contributed by atoms with Gasteiger partial charge in [-0.1, -0.05) is 38.1 Å². The van der Waals surface area contributed by atoms with Crippen molar-refractivity contribution in [1.82, 2.24) is 0 Å². The summed E-state index contributed by atoms with van der Waals surface area (Å²) in [6.45, 7) is 7.82. The summed E-state index contributed by atoms with van der Waals surface area (Å²) < 4.78 is 30.4. The molecule has 6 nitrogen and oxygen atoms in total. The number of nitrogens with two attached hydrogens (primary N) is 1. The quantitative estimate of drug-likeness (QED) is 0.654. The normalized spacial score (nSPS) is 11.1. The Bertz CT molecular complexity index is 924. The van der Waals surface area contributed by atoms with E-state index in [1.54, 1.807) is 41.4 Å². The second-order valence-corrected chi connectivity index (χ2v) is 7.60. The van der Waals surface area contributed by atoms with E-state index < -0.39 is 10.0 Å². The smallest absolute Gasteiger partial charge is 0.241 e. The average Bonchev–Trinajstić information content (AvgIpc) is 2.62. The van der Waals surface area contributed by atoms with Gasteiger partial charge in [-0.2, -0.15) is 0 Å². The molecule has 2 rings (SSSR count). The van der Waals surface area contributed by atoms with Crippen LogP contribution < -0.4 is 14.8 Å². The third-order valence-electron chi connectivity index (χ3n) is 3.99. The lowest BCUT2D eigenvalue weighted by atomic mass is 10.1. The summed E-state index contributed by atoms with van der Waals surface area (Å²) in [6.07, 6.45) is 3.37. The largest absolute Gasteiger partial charge is 0.454 e. The molecule has 0 fully saturated rings. The first-order valence-corrected chi connectivity index (χ1v) is 10.2. The number of Topliss-reactive ketones (excluding diaryl/α,β-unsaturated/α-hetero) is 1. The maximum absolute atomic E-state index is 12.2. The molecule has 2 N–H and O–H groups in total. The zero-order valence-electron chi connectivity index (χ0n) is 15.5. The van der Waals surface area contributed by atoms with Gasteiger partial charge in [0, 0.05) is 12.1 Å². The van der Waals surface area contributed by atoms with Crippen molar-refractivity contribution in [2.75, 3.05) is 11.4 Å². The number of ether oxygens (including phenoxy) is 1. The van der Waals surface area contributed by atoms with Crippen molar-refractivity contribution < 1.29 is 17.9 Å². The maximum Gasteiger partial charge on any atom is 0.241 e. The van der Waals surface area contributed by atoms with Crippen molar-refractivity contribution in [3.05, 3.63) is 60.8 Å². The van der Waals surface area contributed by atoms with Crippen LogP contribution in [-0.2, 0) is 10.0 Å². The summed E-state index contributed by atoms with van der Waals surface area (Å²) in [6, 6.07) is 11.6. The Kier molecular flexibility index (Phi) is 6.76. The fraction of sp³-hybridized carbons (Fsp3) is 0.250. The van der Waals surface area contributed by atoms with E-state index in [9.17, 15) is 13.2 Å². The van der Waals surface area contributed by atoms with E-state index in [0.29, 0.717) is 18.0 Å². The van der Waals surface area contributed by atoms with E-state index in [-0.39, 0.29) is 22.0 Å². The summed E-state index contributed by atoms with van der Waals surface area (Å²) >= 11 is 0. The van der Waals surface area contributed by atoms with Crippen molar-refractivity contribution in [2.45, 2.75) is 31.6 Å². The van der Waals surface area contributed by atoms with Gasteiger partial charge in [-0.15, -0.1) is 0 Å². The minimum Gasteiger partial charge on any atom is -0.454 e. The highest BCUT2D eigenvalue weighted by Crippen LogP contribution is 2.39. The minimum absolute atomic E-state index is 0.0738. The Labute approximate surface area is 160 Å². The van der Waals surface area contributed by atoms with Crippen molar-refractivity contribution >= 4 is 21.5 Å². The van der Waals surface area contributed by atoms with Gasteiger partial charge in [0.2, 0.25) is 10.0 Å². The average molecular weight is 388 g/mol. The number of nitrogens with zero attached hydrogens (tertiary/aromatic N) is 1. The zero-order valence-corrected chi connectivity index (χ0v) is 16.3. The molecule has 27 heavy (non-hydrogen) atoms. The van der Waals surface area contributed by atoms with E-state index in [1.165, 1.54) is 13.0 Å². The molecule has 0 aliphatic rings. The Morgan fingerprint density at radius 1 is 1.26 bits per heavy atom. The number of hydrogen-bond acceptors (Lipinski definition) is 5. The predicted molar refractivity (Wildman–Crippen MR) is 107 cm³/mol. The van der Waals surface area contributed by atoms with Crippen LogP contribution in [0.3, 0.4) is 0 Å². The van der Waals surface area contributed by atoms with Gasteiger partial charge in [0.15, 0.2) is 11.5 Å². The Balaban J connectivity index is 2.74. The second-order valence-electron chi connectivity index (χ2n) is 6.07. The first-order chi connectivity index (χ1) is 12.8. The Hall–Kier alpha value is -2.64. The van der Waals surface area contributed by atoms with Crippen molar-refractivity contribution in [3.63, 3.8) is 0 Å².